The van der Waals surface area contributed by atoms with Crippen molar-refractivity contribution >= 4 is 33.4 Å². The highest BCUT2D eigenvalue weighted by Gasteiger charge is 2.40. The Kier molecular flexibility index (Phi) is 4.64. The fourth-order valence-corrected chi connectivity index (χ4v) is 3.99. The van der Waals surface area contributed by atoms with Crippen molar-refractivity contribution in [1.29, 1.82) is 0 Å². The number of fused-ring (bicyclic) bond motifs is 1. The summed E-state index contributed by atoms with van der Waals surface area (Å²) in [5.41, 5.74) is 0.775. The summed E-state index contributed by atoms with van der Waals surface area (Å²) < 4.78 is 19.4. The standard InChI is InChI=1S/C19H19FN4O3S/c1-19(26)9-24(10-19)17(25)15-16-14(3-4-28-16)22-18(23-15)21-8-11-5-12(20)7-13(6-11)27-2/h3-7,26H,8-10H2,1-2H3,(H,21,22,23). The van der Waals surface area contributed by atoms with Crippen molar-refractivity contribution in [1.82, 2.24) is 14.9 Å². The maximum absolute atomic E-state index is 13.7. The number of carbonyl (C=O) groups excluding carboxylic acids is 1. The summed E-state index contributed by atoms with van der Waals surface area (Å²) >= 11 is 1.40. The molecule has 4 rings (SSSR count). The predicted molar refractivity (Wildman–Crippen MR) is 104 cm³/mol. The lowest BCUT2D eigenvalue weighted by atomic mass is 9.96. The summed E-state index contributed by atoms with van der Waals surface area (Å²) in [5, 5.41) is 14.8. The first-order valence-corrected chi connectivity index (χ1v) is 9.57. The fourth-order valence-electron chi connectivity index (χ4n) is 3.18. The molecule has 1 fully saturated rings. The third kappa shape index (κ3) is 3.63. The van der Waals surface area contributed by atoms with Crippen LogP contribution in [0, 0.1) is 5.82 Å². The summed E-state index contributed by atoms with van der Waals surface area (Å²) in [6.07, 6.45) is 0. The molecule has 0 spiro atoms. The van der Waals surface area contributed by atoms with E-state index in [1.807, 2.05) is 11.4 Å². The monoisotopic (exact) mass is 402 g/mol. The number of ether oxygens (including phenoxy) is 1. The summed E-state index contributed by atoms with van der Waals surface area (Å²) in [6, 6.07) is 6.23. The number of thiophene rings is 1. The van der Waals surface area contributed by atoms with Crippen molar-refractivity contribution in [2.45, 2.75) is 19.1 Å². The van der Waals surface area contributed by atoms with Crippen LogP contribution in [0.2, 0.25) is 0 Å². The van der Waals surface area contributed by atoms with Crippen molar-refractivity contribution in [2.24, 2.45) is 0 Å². The molecule has 0 atom stereocenters. The molecule has 3 aromatic rings. The zero-order chi connectivity index (χ0) is 19.9. The number of rotatable bonds is 5. The van der Waals surface area contributed by atoms with Crippen molar-refractivity contribution in [3.8, 4) is 5.75 Å². The number of hydrogen-bond donors (Lipinski definition) is 2. The molecule has 0 bridgehead atoms. The van der Waals surface area contributed by atoms with Crippen LogP contribution < -0.4 is 10.1 Å². The van der Waals surface area contributed by atoms with Crippen molar-refractivity contribution in [3.05, 3.63) is 46.7 Å². The van der Waals surface area contributed by atoms with Crippen LogP contribution in [0.25, 0.3) is 10.2 Å². The van der Waals surface area contributed by atoms with Gasteiger partial charge in [0.05, 0.1) is 36.0 Å². The normalized spacial score (nSPS) is 15.4. The molecule has 28 heavy (non-hydrogen) atoms. The first-order chi connectivity index (χ1) is 13.3. The molecule has 0 saturated carbocycles. The number of nitrogens with one attached hydrogen (secondary N) is 1. The number of methoxy groups -OCH3 is 1. The van der Waals surface area contributed by atoms with Gasteiger partial charge in [0.25, 0.3) is 5.91 Å². The van der Waals surface area contributed by atoms with Gasteiger partial charge in [-0.25, -0.2) is 14.4 Å². The number of likely N-dealkylation sites (tertiary alicyclic amines) is 1. The number of anilines is 1. The van der Waals surface area contributed by atoms with Gasteiger partial charge in [0.15, 0.2) is 5.69 Å². The van der Waals surface area contributed by atoms with E-state index in [0.717, 1.165) is 0 Å². The van der Waals surface area contributed by atoms with Gasteiger partial charge in [-0.2, -0.15) is 0 Å². The third-order valence-corrected chi connectivity index (χ3v) is 5.38. The summed E-state index contributed by atoms with van der Waals surface area (Å²) in [7, 11) is 1.48. The zero-order valence-electron chi connectivity index (χ0n) is 15.4. The topological polar surface area (TPSA) is 87.6 Å². The van der Waals surface area contributed by atoms with E-state index in [2.05, 4.69) is 15.3 Å². The number of aliphatic hydroxyl groups is 1. The Bertz CT molecular complexity index is 1040. The van der Waals surface area contributed by atoms with E-state index in [9.17, 15) is 14.3 Å². The van der Waals surface area contributed by atoms with Crippen LogP contribution >= 0.6 is 11.3 Å². The SMILES string of the molecule is COc1cc(F)cc(CNc2nc(C(=O)N3CC(C)(O)C3)c3sccc3n2)c1. The van der Waals surface area contributed by atoms with Crippen molar-refractivity contribution < 1.29 is 19.0 Å². The molecule has 2 N–H and O–H groups in total. The summed E-state index contributed by atoms with van der Waals surface area (Å²) in [5.74, 6) is 0.0689. The molecule has 1 saturated heterocycles. The highest BCUT2D eigenvalue weighted by Crippen LogP contribution is 2.28. The van der Waals surface area contributed by atoms with Crippen LogP contribution in [0.15, 0.2) is 29.6 Å². The molecule has 1 aliphatic heterocycles. The second kappa shape index (κ2) is 6.99. The van der Waals surface area contributed by atoms with E-state index in [0.29, 0.717) is 27.2 Å². The number of hydrogen-bond acceptors (Lipinski definition) is 7. The zero-order valence-corrected chi connectivity index (χ0v) is 16.2. The Morgan fingerprint density at radius 2 is 2.18 bits per heavy atom. The van der Waals surface area contributed by atoms with Crippen LogP contribution in [0.3, 0.4) is 0 Å². The lowest BCUT2D eigenvalue weighted by molar-refractivity contribution is -0.0669. The number of carbonyl (C=O) groups is 1. The Balaban J connectivity index is 1.58. The average Bonchev–Trinajstić information content (AvgIpc) is 3.11. The van der Waals surface area contributed by atoms with Crippen molar-refractivity contribution in [3.63, 3.8) is 0 Å². The van der Waals surface area contributed by atoms with Crippen LogP contribution in [-0.2, 0) is 6.54 Å². The quantitative estimate of drug-likeness (QED) is 0.682. The molecule has 2 aromatic heterocycles. The fraction of sp³-hybridized carbons (Fsp3) is 0.316. The molecular formula is C19H19FN4O3S. The van der Waals surface area contributed by atoms with Crippen LogP contribution in [0.1, 0.15) is 23.0 Å². The molecular weight excluding hydrogens is 383 g/mol. The van der Waals surface area contributed by atoms with E-state index in [4.69, 9.17) is 4.74 Å². The second-order valence-electron chi connectivity index (χ2n) is 7.04. The largest absolute Gasteiger partial charge is 0.497 e. The van der Waals surface area contributed by atoms with Crippen molar-refractivity contribution in [2.75, 3.05) is 25.5 Å². The van der Waals surface area contributed by atoms with E-state index in [1.165, 1.54) is 30.6 Å². The van der Waals surface area contributed by atoms with Gasteiger partial charge in [-0.1, -0.05) is 0 Å². The molecule has 1 aromatic carbocycles. The minimum atomic E-state index is -0.852. The highest BCUT2D eigenvalue weighted by atomic mass is 32.1. The van der Waals surface area contributed by atoms with E-state index >= 15 is 0 Å². The molecule has 1 aliphatic rings. The first kappa shape index (κ1) is 18.6. The number of nitrogens with zero attached hydrogens (tertiary/aromatic N) is 3. The number of β-amino-alcohol motifs (C(OH)–C–C–N with tert-alkyl or cyclic N) is 1. The molecule has 3 heterocycles. The van der Waals surface area contributed by atoms with E-state index < -0.39 is 11.4 Å². The number of benzene rings is 1. The second-order valence-corrected chi connectivity index (χ2v) is 7.96. The molecule has 7 nitrogen and oxygen atoms in total. The Hall–Kier alpha value is -2.78. The highest BCUT2D eigenvalue weighted by molar-refractivity contribution is 7.17. The van der Waals surface area contributed by atoms with Gasteiger partial charge < -0.3 is 20.1 Å². The maximum Gasteiger partial charge on any atom is 0.274 e. The lowest BCUT2D eigenvalue weighted by Crippen LogP contribution is -2.61. The van der Waals surface area contributed by atoms with Crippen LogP contribution in [0.4, 0.5) is 10.3 Å². The lowest BCUT2D eigenvalue weighted by Gasteiger charge is -2.43. The minimum Gasteiger partial charge on any atom is -0.497 e. The predicted octanol–water partition coefficient (Wildman–Crippen LogP) is 2.66. The molecule has 9 heteroatoms. The van der Waals surface area contributed by atoms with Gasteiger partial charge in [-0.3, -0.25) is 4.79 Å². The number of aromatic nitrogens is 2. The molecule has 1 amide bonds. The number of amides is 1. The van der Waals surface area contributed by atoms with Gasteiger partial charge in [0.1, 0.15) is 11.6 Å². The van der Waals surface area contributed by atoms with Gasteiger partial charge >= 0.3 is 0 Å². The first-order valence-electron chi connectivity index (χ1n) is 8.69. The minimum absolute atomic E-state index is 0.239. The Morgan fingerprint density at radius 3 is 2.89 bits per heavy atom. The van der Waals surface area contributed by atoms with E-state index in [-0.39, 0.29) is 31.5 Å². The van der Waals surface area contributed by atoms with Gasteiger partial charge in [0.2, 0.25) is 5.95 Å². The number of halogens is 1. The molecule has 146 valence electrons. The molecule has 0 unspecified atom stereocenters. The molecule has 0 radical (unpaired) electrons. The smallest absolute Gasteiger partial charge is 0.274 e. The molecule has 0 aliphatic carbocycles. The van der Waals surface area contributed by atoms with E-state index in [1.54, 1.807) is 17.9 Å². The average molecular weight is 402 g/mol. The maximum atomic E-state index is 13.7. The summed E-state index contributed by atoms with van der Waals surface area (Å²) in [6.45, 7) is 2.51. The van der Waals surface area contributed by atoms with Gasteiger partial charge in [-0.05, 0) is 36.1 Å². The van der Waals surface area contributed by atoms with Gasteiger partial charge in [0, 0.05) is 12.6 Å². The van der Waals surface area contributed by atoms with Gasteiger partial charge in [-0.15, -0.1) is 11.3 Å². The van der Waals surface area contributed by atoms with Crippen LogP contribution in [0.5, 0.6) is 5.75 Å². The summed E-state index contributed by atoms with van der Waals surface area (Å²) in [4.78, 5) is 23.2. The Labute approximate surface area is 164 Å². The van der Waals surface area contributed by atoms with Crippen LogP contribution in [-0.4, -0.2) is 51.7 Å². The Morgan fingerprint density at radius 1 is 1.39 bits per heavy atom. The third-order valence-electron chi connectivity index (χ3n) is 4.47.